The molecule has 1 heterocycles. The van der Waals surface area contributed by atoms with Crippen LogP contribution in [0.2, 0.25) is 5.02 Å². The zero-order valence-electron chi connectivity index (χ0n) is 9.59. The molecular weight excluding hydrogens is 222 g/mol. The SMILES string of the molecule is Cc1c(Cl)cccc1C1(O)CCCCNC1. The molecule has 0 spiro atoms. The van der Waals surface area contributed by atoms with E-state index in [1.807, 2.05) is 25.1 Å². The average molecular weight is 240 g/mol. The molecule has 1 saturated heterocycles. The van der Waals surface area contributed by atoms with Gasteiger partial charge < -0.3 is 10.4 Å². The molecule has 2 nitrogen and oxygen atoms in total. The minimum atomic E-state index is -0.758. The van der Waals surface area contributed by atoms with E-state index in [0.29, 0.717) is 6.54 Å². The average Bonchev–Trinajstić information content (AvgIpc) is 2.48. The Morgan fingerprint density at radius 3 is 3.00 bits per heavy atom. The number of hydrogen-bond acceptors (Lipinski definition) is 2. The van der Waals surface area contributed by atoms with Crippen LogP contribution in [0.5, 0.6) is 0 Å². The van der Waals surface area contributed by atoms with Gasteiger partial charge in [-0.15, -0.1) is 0 Å². The smallest absolute Gasteiger partial charge is 0.102 e. The van der Waals surface area contributed by atoms with Crippen molar-refractivity contribution in [3.63, 3.8) is 0 Å². The molecule has 1 unspecified atom stereocenters. The Labute approximate surface area is 102 Å². The van der Waals surface area contributed by atoms with Crippen molar-refractivity contribution in [2.75, 3.05) is 13.1 Å². The van der Waals surface area contributed by atoms with Gasteiger partial charge in [0.25, 0.3) is 0 Å². The van der Waals surface area contributed by atoms with Gasteiger partial charge in [0.2, 0.25) is 0 Å². The molecule has 0 aliphatic carbocycles. The van der Waals surface area contributed by atoms with Gasteiger partial charge in [0.05, 0.1) is 0 Å². The third kappa shape index (κ3) is 2.24. The summed E-state index contributed by atoms with van der Waals surface area (Å²) in [5.41, 5.74) is 1.20. The zero-order chi connectivity index (χ0) is 11.6. The maximum absolute atomic E-state index is 10.7. The van der Waals surface area contributed by atoms with Crippen LogP contribution in [0.15, 0.2) is 18.2 Å². The molecule has 1 aromatic carbocycles. The van der Waals surface area contributed by atoms with Crippen LogP contribution in [0, 0.1) is 6.92 Å². The summed E-state index contributed by atoms with van der Waals surface area (Å²) in [6.07, 6.45) is 2.98. The zero-order valence-corrected chi connectivity index (χ0v) is 10.3. The molecule has 1 atom stereocenters. The molecule has 2 rings (SSSR count). The van der Waals surface area contributed by atoms with Crippen LogP contribution in [-0.4, -0.2) is 18.2 Å². The molecule has 1 aliphatic heterocycles. The standard InChI is InChI=1S/C13H18ClNO/c1-10-11(5-4-6-12(10)14)13(16)7-2-3-8-15-9-13/h4-6,15-16H,2-3,7-9H2,1H3. The Morgan fingerprint density at radius 1 is 1.38 bits per heavy atom. The second kappa shape index (κ2) is 4.74. The van der Waals surface area contributed by atoms with Gasteiger partial charge in [0, 0.05) is 11.6 Å². The van der Waals surface area contributed by atoms with Crippen molar-refractivity contribution >= 4 is 11.6 Å². The third-order valence-electron chi connectivity index (χ3n) is 3.38. The third-order valence-corrected chi connectivity index (χ3v) is 3.79. The Hall–Kier alpha value is -0.570. The van der Waals surface area contributed by atoms with Gasteiger partial charge in [0.15, 0.2) is 0 Å². The van der Waals surface area contributed by atoms with E-state index < -0.39 is 5.60 Å². The van der Waals surface area contributed by atoms with Crippen molar-refractivity contribution in [3.8, 4) is 0 Å². The van der Waals surface area contributed by atoms with Gasteiger partial charge in [-0.2, -0.15) is 0 Å². The summed E-state index contributed by atoms with van der Waals surface area (Å²) < 4.78 is 0. The second-order valence-electron chi connectivity index (χ2n) is 4.58. The summed E-state index contributed by atoms with van der Waals surface area (Å²) in [6.45, 7) is 3.58. The van der Waals surface area contributed by atoms with E-state index >= 15 is 0 Å². The highest BCUT2D eigenvalue weighted by molar-refractivity contribution is 6.31. The summed E-state index contributed by atoms with van der Waals surface area (Å²) in [5.74, 6) is 0. The van der Waals surface area contributed by atoms with Crippen molar-refractivity contribution in [2.45, 2.75) is 31.8 Å². The van der Waals surface area contributed by atoms with E-state index in [2.05, 4.69) is 5.32 Å². The summed E-state index contributed by atoms with van der Waals surface area (Å²) in [4.78, 5) is 0. The van der Waals surface area contributed by atoms with Crippen molar-refractivity contribution < 1.29 is 5.11 Å². The number of benzene rings is 1. The van der Waals surface area contributed by atoms with Crippen LogP contribution < -0.4 is 5.32 Å². The van der Waals surface area contributed by atoms with Crippen molar-refractivity contribution in [1.82, 2.24) is 5.32 Å². The molecule has 0 aromatic heterocycles. The molecule has 1 fully saturated rings. The lowest BCUT2D eigenvalue weighted by molar-refractivity contribution is 0.0321. The normalized spacial score (nSPS) is 26.4. The first-order chi connectivity index (χ1) is 7.63. The molecule has 2 N–H and O–H groups in total. The van der Waals surface area contributed by atoms with Gasteiger partial charge in [-0.1, -0.05) is 23.7 Å². The summed E-state index contributed by atoms with van der Waals surface area (Å²) >= 11 is 6.10. The lowest BCUT2D eigenvalue weighted by Gasteiger charge is -2.29. The molecule has 0 radical (unpaired) electrons. The fourth-order valence-corrected chi connectivity index (χ4v) is 2.57. The Morgan fingerprint density at radius 2 is 2.19 bits per heavy atom. The van der Waals surface area contributed by atoms with Crippen LogP contribution in [0.3, 0.4) is 0 Å². The minimum Gasteiger partial charge on any atom is -0.384 e. The van der Waals surface area contributed by atoms with Crippen LogP contribution in [-0.2, 0) is 5.60 Å². The number of halogens is 1. The van der Waals surface area contributed by atoms with Crippen molar-refractivity contribution in [2.24, 2.45) is 0 Å². The number of β-amino-alcohol motifs (C(OH)–C–C–N with tert-alkyl or cyclic N) is 1. The maximum Gasteiger partial charge on any atom is 0.102 e. The predicted octanol–water partition coefficient (Wildman–Crippen LogP) is 2.61. The van der Waals surface area contributed by atoms with Crippen LogP contribution in [0.1, 0.15) is 30.4 Å². The largest absolute Gasteiger partial charge is 0.384 e. The molecule has 3 heteroatoms. The fraction of sp³-hybridized carbons (Fsp3) is 0.538. The quantitative estimate of drug-likeness (QED) is 0.790. The van der Waals surface area contributed by atoms with E-state index in [1.54, 1.807) is 0 Å². The molecule has 0 amide bonds. The van der Waals surface area contributed by atoms with E-state index in [4.69, 9.17) is 11.6 Å². The van der Waals surface area contributed by atoms with E-state index in [9.17, 15) is 5.11 Å². The van der Waals surface area contributed by atoms with E-state index in [0.717, 1.165) is 42.0 Å². The Kier molecular flexibility index (Phi) is 3.53. The first-order valence-electron chi connectivity index (χ1n) is 5.82. The highest BCUT2D eigenvalue weighted by Gasteiger charge is 2.31. The summed E-state index contributed by atoms with van der Waals surface area (Å²) in [5, 5.41) is 14.7. The lowest BCUT2D eigenvalue weighted by Crippen LogP contribution is -2.37. The first-order valence-corrected chi connectivity index (χ1v) is 6.20. The molecule has 0 saturated carbocycles. The topological polar surface area (TPSA) is 32.3 Å². The Bertz CT molecular complexity index is 370. The lowest BCUT2D eigenvalue weighted by atomic mass is 9.86. The molecule has 1 aliphatic rings. The number of aliphatic hydroxyl groups is 1. The van der Waals surface area contributed by atoms with E-state index in [-0.39, 0.29) is 0 Å². The fourth-order valence-electron chi connectivity index (χ4n) is 2.39. The first kappa shape index (κ1) is 11.9. The van der Waals surface area contributed by atoms with Crippen molar-refractivity contribution in [3.05, 3.63) is 34.3 Å². The molecule has 88 valence electrons. The minimum absolute atomic E-state index is 0.619. The maximum atomic E-state index is 10.7. The van der Waals surface area contributed by atoms with Crippen molar-refractivity contribution in [1.29, 1.82) is 0 Å². The summed E-state index contributed by atoms with van der Waals surface area (Å²) in [7, 11) is 0. The van der Waals surface area contributed by atoms with Gasteiger partial charge in [-0.25, -0.2) is 0 Å². The highest BCUT2D eigenvalue weighted by Crippen LogP contribution is 2.33. The Balaban J connectivity index is 2.37. The van der Waals surface area contributed by atoms with E-state index in [1.165, 1.54) is 0 Å². The van der Waals surface area contributed by atoms with Crippen LogP contribution in [0.25, 0.3) is 0 Å². The predicted molar refractivity (Wildman–Crippen MR) is 66.8 cm³/mol. The molecule has 16 heavy (non-hydrogen) atoms. The second-order valence-corrected chi connectivity index (χ2v) is 4.99. The molecule has 1 aromatic rings. The number of nitrogens with one attached hydrogen (secondary N) is 1. The van der Waals surface area contributed by atoms with Gasteiger partial charge in [-0.3, -0.25) is 0 Å². The number of hydrogen-bond donors (Lipinski definition) is 2. The number of rotatable bonds is 1. The highest BCUT2D eigenvalue weighted by atomic mass is 35.5. The van der Waals surface area contributed by atoms with Crippen LogP contribution in [0.4, 0.5) is 0 Å². The monoisotopic (exact) mass is 239 g/mol. The van der Waals surface area contributed by atoms with Gasteiger partial charge in [0.1, 0.15) is 5.60 Å². The van der Waals surface area contributed by atoms with Gasteiger partial charge >= 0.3 is 0 Å². The van der Waals surface area contributed by atoms with Gasteiger partial charge in [-0.05, 0) is 49.9 Å². The molecular formula is C13H18ClNO. The summed E-state index contributed by atoms with van der Waals surface area (Å²) in [6, 6.07) is 5.76. The van der Waals surface area contributed by atoms with Crippen LogP contribution >= 0.6 is 11.6 Å². The molecule has 0 bridgehead atoms.